The predicted octanol–water partition coefficient (Wildman–Crippen LogP) is 7.11. The molecule has 0 radical (unpaired) electrons. The standard InChI is InChI=1S/C25H15Cl2N3O3/c26-16-1-5-19(20(27)13-16)22-7-3-18(32-22)4-8-24(31)29-17-2-6-23-21(14-17)30-25(33-23)15-9-11-28-12-10-15/h1-14H,(H,29,31)/b8-4-. The van der Waals surface area contributed by atoms with Crippen LogP contribution >= 0.6 is 23.2 Å². The zero-order valence-electron chi connectivity index (χ0n) is 17.0. The van der Waals surface area contributed by atoms with E-state index in [2.05, 4.69) is 15.3 Å². The molecule has 0 saturated heterocycles. The van der Waals surface area contributed by atoms with Crippen LogP contribution in [-0.4, -0.2) is 15.9 Å². The minimum absolute atomic E-state index is 0.310. The molecule has 0 fully saturated rings. The van der Waals surface area contributed by atoms with Gasteiger partial charge in [-0.15, -0.1) is 0 Å². The summed E-state index contributed by atoms with van der Waals surface area (Å²) in [5.41, 5.74) is 3.41. The van der Waals surface area contributed by atoms with E-state index in [0.29, 0.717) is 44.2 Å². The Bertz CT molecular complexity index is 1490. The van der Waals surface area contributed by atoms with E-state index in [-0.39, 0.29) is 5.91 Å². The molecule has 3 heterocycles. The smallest absolute Gasteiger partial charge is 0.248 e. The zero-order chi connectivity index (χ0) is 22.8. The number of amides is 1. The summed E-state index contributed by atoms with van der Waals surface area (Å²) in [6.07, 6.45) is 6.32. The molecule has 5 aromatic rings. The maximum Gasteiger partial charge on any atom is 0.248 e. The number of nitrogens with one attached hydrogen (secondary N) is 1. The van der Waals surface area contributed by atoms with Crippen LogP contribution in [-0.2, 0) is 4.79 Å². The van der Waals surface area contributed by atoms with Crippen molar-refractivity contribution in [3.05, 3.63) is 94.9 Å². The van der Waals surface area contributed by atoms with Crippen LogP contribution in [0.5, 0.6) is 0 Å². The number of halogens is 2. The highest BCUT2D eigenvalue weighted by Gasteiger charge is 2.10. The summed E-state index contributed by atoms with van der Waals surface area (Å²) in [5.74, 6) is 1.28. The molecule has 0 spiro atoms. The topological polar surface area (TPSA) is 81.2 Å². The lowest BCUT2D eigenvalue weighted by atomic mass is 10.2. The van der Waals surface area contributed by atoms with E-state index < -0.39 is 0 Å². The average Bonchev–Trinajstić information content (AvgIpc) is 3.45. The number of furan rings is 1. The normalized spacial score (nSPS) is 11.3. The number of hydrogen-bond donors (Lipinski definition) is 1. The third-order valence-corrected chi connectivity index (χ3v) is 5.35. The number of carbonyl (C=O) groups is 1. The Labute approximate surface area is 198 Å². The van der Waals surface area contributed by atoms with Crippen LogP contribution < -0.4 is 5.32 Å². The number of oxazole rings is 1. The maximum absolute atomic E-state index is 12.4. The molecule has 1 N–H and O–H groups in total. The van der Waals surface area contributed by atoms with Gasteiger partial charge in [0.2, 0.25) is 11.8 Å². The molecule has 0 bridgehead atoms. The fourth-order valence-corrected chi connectivity index (χ4v) is 3.74. The van der Waals surface area contributed by atoms with Crippen molar-refractivity contribution >= 4 is 52.0 Å². The predicted molar refractivity (Wildman–Crippen MR) is 129 cm³/mol. The van der Waals surface area contributed by atoms with Crippen LogP contribution in [0.25, 0.3) is 40.0 Å². The van der Waals surface area contributed by atoms with Crippen LogP contribution in [0.4, 0.5) is 5.69 Å². The number of anilines is 1. The van der Waals surface area contributed by atoms with Crippen molar-refractivity contribution in [2.45, 2.75) is 0 Å². The summed E-state index contributed by atoms with van der Waals surface area (Å²) >= 11 is 12.2. The van der Waals surface area contributed by atoms with E-state index in [1.807, 2.05) is 12.1 Å². The number of fused-ring (bicyclic) bond motifs is 1. The molecule has 6 nitrogen and oxygen atoms in total. The lowest BCUT2D eigenvalue weighted by Gasteiger charge is -2.01. The zero-order valence-corrected chi connectivity index (χ0v) is 18.5. The maximum atomic E-state index is 12.4. The second-order valence-electron chi connectivity index (χ2n) is 7.09. The van der Waals surface area contributed by atoms with Crippen molar-refractivity contribution in [2.24, 2.45) is 0 Å². The van der Waals surface area contributed by atoms with Gasteiger partial charge in [-0.1, -0.05) is 23.2 Å². The van der Waals surface area contributed by atoms with Crippen LogP contribution in [0.3, 0.4) is 0 Å². The number of hydrogen-bond acceptors (Lipinski definition) is 5. The van der Waals surface area contributed by atoms with Gasteiger partial charge in [0, 0.05) is 40.3 Å². The fourth-order valence-electron chi connectivity index (χ4n) is 3.24. The van der Waals surface area contributed by atoms with Gasteiger partial charge >= 0.3 is 0 Å². The van der Waals surface area contributed by atoms with E-state index >= 15 is 0 Å². The van der Waals surface area contributed by atoms with Gasteiger partial charge < -0.3 is 14.2 Å². The Morgan fingerprint density at radius 1 is 0.939 bits per heavy atom. The van der Waals surface area contributed by atoms with Gasteiger partial charge in [0.25, 0.3) is 0 Å². The van der Waals surface area contributed by atoms with Gasteiger partial charge in [-0.3, -0.25) is 9.78 Å². The Morgan fingerprint density at radius 2 is 1.79 bits per heavy atom. The van der Waals surface area contributed by atoms with Gasteiger partial charge in [-0.05, 0) is 66.7 Å². The number of aromatic nitrogens is 2. The molecular weight excluding hydrogens is 461 g/mol. The Hall–Kier alpha value is -3.87. The number of nitrogens with zero attached hydrogens (tertiary/aromatic N) is 2. The van der Waals surface area contributed by atoms with E-state index in [4.69, 9.17) is 32.0 Å². The summed E-state index contributed by atoms with van der Waals surface area (Å²) in [6, 6.07) is 17.6. The van der Waals surface area contributed by atoms with Gasteiger partial charge in [-0.25, -0.2) is 4.98 Å². The molecule has 3 aromatic heterocycles. The minimum Gasteiger partial charge on any atom is -0.457 e. The van der Waals surface area contributed by atoms with E-state index in [1.54, 1.807) is 67.0 Å². The molecule has 2 aromatic carbocycles. The summed E-state index contributed by atoms with van der Waals surface area (Å²) in [7, 11) is 0. The molecule has 0 aliphatic carbocycles. The number of carbonyl (C=O) groups excluding carboxylic acids is 1. The lowest BCUT2D eigenvalue weighted by Crippen LogP contribution is -2.07. The Morgan fingerprint density at radius 3 is 2.61 bits per heavy atom. The third-order valence-electron chi connectivity index (χ3n) is 4.80. The van der Waals surface area contributed by atoms with Crippen molar-refractivity contribution < 1.29 is 13.6 Å². The third kappa shape index (κ3) is 4.67. The molecule has 0 atom stereocenters. The second kappa shape index (κ2) is 8.94. The van der Waals surface area contributed by atoms with E-state index in [1.165, 1.54) is 6.08 Å². The molecular formula is C25H15Cl2N3O3. The first-order chi connectivity index (χ1) is 16.0. The Kier molecular flexibility index (Phi) is 5.69. The molecule has 5 rings (SSSR count). The molecule has 33 heavy (non-hydrogen) atoms. The quantitative estimate of drug-likeness (QED) is 0.274. The first-order valence-corrected chi connectivity index (χ1v) is 10.7. The summed E-state index contributed by atoms with van der Waals surface area (Å²) < 4.78 is 11.6. The first-order valence-electron chi connectivity index (χ1n) is 9.90. The Balaban J connectivity index is 1.28. The van der Waals surface area contributed by atoms with Gasteiger partial charge in [-0.2, -0.15) is 0 Å². The van der Waals surface area contributed by atoms with E-state index in [0.717, 1.165) is 11.1 Å². The van der Waals surface area contributed by atoms with Crippen LogP contribution in [0.1, 0.15) is 5.76 Å². The van der Waals surface area contributed by atoms with Crippen LogP contribution in [0, 0.1) is 0 Å². The second-order valence-corrected chi connectivity index (χ2v) is 7.93. The van der Waals surface area contributed by atoms with Crippen molar-refractivity contribution in [3.8, 4) is 22.8 Å². The lowest BCUT2D eigenvalue weighted by molar-refractivity contribution is -0.111. The minimum atomic E-state index is -0.310. The molecule has 8 heteroatoms. The largest absolute Gasteiger partial charge is 0.457 e. The van der Waals surface area contributed by atoms with Crippen LogP contribution in [0.2, 0.25) is 10.0 Å². The van der Waals surface area contributed by atoms with E-state index in [9.17, 15) is 4.79 Å². The number of benzene rings is 2. The molecule has 0 aliphatic rings. The van der Waals surface area contributed by atoms with Crippen LogP contribution in [0.15, 0.2) is 88.0 Å². The number of pyridine rings is 1. The SMILES string of the molecule is O=C(/C=C\c1ccc(-c2ccc(Cl)cc2Cl)o1)Nc1ccc2oc(-c3ccncc3)nc2c1. The van der Waals surface area contributed by atoms with Gasteiger partial charge in [0.05, 0.1) is 5.02 Å². The first kappa shape index (κ1) is 21.0. The monoisotopic (exact) mass is 475 g/mol. The fraction of sp³-hybridized carbons (Fsp3) is 0. The molecule has 162 valence electrons. The molecule has 0 saturated carbocycles. The van der Waals surface area contributed by atoms with Crippen molar-refractivity contribution in [3.63, 3.8) is 0 Å². The van der Waals surface area contributed by atoms with Crippen molar-refractivity contribution in [1.29, 1.82) is 0 Å². The summed E-state index contributed by atoms with van der Waals surface area (Å²) in [4.78, 5) is 20.9. The summed E-state index contributed by atoms with van der Waals surface area (Å²) in [6.45, 7) is 0. The molecule has 0 unspecified atom stereocenters. The highest BCUT2D eigenvalue weighted by Crippen LogP contribution is 2.32. The average molecular weight is 476 g/mol. The highest BCUT2D eigenvalue weighted by molar-refractivity contribution is 6.36. The van der Waals surface area contributed by atoms with Crippen molar-refractivity contribution in [1.82, 2.24) is 9.97 Å². The molecule has 0 aliphatic heterocycles. The van der Waals surface area contributed by atoms with Gasteiger partial charge in [0.1, 0.15) is 17.0 Å². The number of rotatable bonds is 5. The molecule has 1 amide bonds. The van der Waals surface area contributed by atoms with Gasteiger partial charge in [0.15, 0.2) is 5.58 Å². The summed E-state index contributed by atoms with van der Waals surface area (Å²) in [5, 5.41) is 3.84. The highest BCUT2D eigenvalue weighted by atomic mass is 35.5. The van der Waals surface area contributed by atoms with Crippen molar-refractivity contribution in [2.75, 3.05) is 5.32 Å².